The van der Waals surface area contributed by atoms with Gasteiger partial charge in [-0.3, -0.25) is 4.79 Å². The minimum Gasteiger partial charge on any atom is -0.496 e. The van der Waals surface area contributed by atoms with E-state index in [4.69, 9.17) is 9.47 Å². The minimum atomic E-state index is -0.551. The average Bonchev–Trinajstić information content (AvgIpc) is 2.58. The van der Waals surface area contributed by atoms with Crippen molar-refractivity contribution in [2.45, 2.75) is 33.4 Å². The largest absolute Gasteiger partial charge is 0.496 e. The number of carbonyl (C=O) groups is 1. The molecular weight excluding hydrogens is 302 g/mol. The van der Waals surface area contributed by atoms with Crippen LogP contribution in [0.15, 0.2) is 42.5 Å². The summed E-state index contributed by atoms with van der Waals surface area (Å²) in [6, 6.07) is 13.6. The Morgan fingerprint density at radius 3 is 2.46 bits per heavy atom. The molecule has 2 aromatic rings. The Bertz CT molecular complexity index is 712. The van der Waals surface area contributed by atoms with Gasteiger partial charge in [0.15, 0.2) is 6.10 Å². The van der Waals surface area contributed by atoms with Crippen LogP contribution in [-0.4, -0.2) is 31.1 Å². The fraction of sp³-hybridized carbons (Fsp3) is 0.350. The molecule has 0 saturated heterocycles. The zero-order valence-corrected chi connectivity index (χ0v) is 15.0. The van der Waals surface area contributed by atoms with E-state index in [1.54, 1.807) is 26.0 Å². The average molecular weight is 327 g/mol. The molecule has 0 N–H and O–H groups in total. The van der Waals surface area contributed by atoms with Gasteiger partial charge in [-0.2, -0.15) is 0 Å². The van der Waals surface area contributed by atoms with E-state index in [1.165, 1.54) is 0 Å². The summed E-state index contributed by atoms with van der Waals surface area (Å²) in [5, 5.41) is 0. The van der Waals surface area contributed by atoms with Crippen molar-refractivity contribution in [3.05, 3.63) is 59.2 Å². The normalized spacial score (nSPS) is 11.7. The zero-order chi connectivity index (χ0) is 17.7. The van der Waals surface area contributed by atoms with Gasteiger partial charge in [-0.25, -0.2) is 0 Å². The number of carbonyl (C=O) groups excluding carboxylic acids is 1. The molecule has 2 rings (SSSR count). The smallest absolute Gasteiger partial charge is 0.263 e. The van der Waals surface area contributed by atoms with Crippen molar-refractivity contribution in [1.29, 1.82) is 0 Å². The molecule has 1 atom stereocenters. The third-order valence-corrected chi connectivity index (χ3v) is 4.18. The van der Waals surface area contributed by atoms with Crippen LogP contribution < -0.4 is 9.47 Å². The number of benzene rings is 2. The Hall–Kier alpha value is -2.49. The number of likely N-dealkylation sites (N-methyl/N-ethyl adjacent to an activating group) is 1. The topological polar surface area (TPSA) is 38.8 Å². The molecule has 4 heteroatoms. The predicted octanol–water partition coefficient (Wildman–Crippen LogP) is 3.74. The monoisotopic (exact) mass is 327 g/mol. The maximum atomic E-state index is 12.6. The van der Waals surface area contributed by atoms with Gasteiger partial charge in [0.2, 0.25) is 0 Å². The highest BCUT2D eigenvalue weighted by Gasteiger charge is 2.21. The Morgan fingerprint density at radius 1 is 1.08 bits per heavy atom. The van der Waals surface area contributed by atoms with Crippen LogP contribution in [0.5, 0.6) is 11.5 Å². The number of ether oxygens (including phenoxy) is 2. The molecule has 0 spiro atoms. The van der Waals surface area contributed by atoms with Crippen molar-refractivity contribution in [3.8, 4) is 11.5 Å². The number of methoxy groups -OCH3 is 1. The van der Waals surface area contributed by atoms with Crippen molar-refractivity contribution in [1.82, 2.24) is 4.90 Å². The predicted molar refractivity (Wildman–Crippen MR) is 95.5 cm³/mol. The van der Waals surface area contributed by atoms with Crippen molar-refractivity contribution < 1.29 is 14.3 Å². The van der Waals surface area contributed by atoms with Gasteiger partial charge in [0, 0.05) is 19.2 Å². The second-order valence-electron chi connectivity index (χ2n) is 5.96. The van der Waals surface area contributed by atoms with Gasteiger partial charge < -0.3 is 14.4 Å². The lowest BCUT2D eigenvalue weighted by molar-refractivity contribution is -0.137. The molecule has 0 aromatic heterocycles. The van der Waals surface area contributed by atoms with E-state index in [9.17, 15) is 4.79 Å². The van der Waals surface area contributed by atoms with E-state index in [2.05, 4.69) is 0 Å². The van der Waals surface area contributed by atoms with Crippen LogP contribution in [0, 0.1) is 13.8 Å². The summed E-state index contributed by atoms with van der Waals surface area (Å²) >= 11 is 0. The van der Waals surface area contributed by atoms with Gasteiger partial charge in [0.1, 0.15) is 11.5 Å². The number of para-hydroxylation sites is 1. The molecule has 2 aromatic carbocycles. The first-order chi connectivity index (χ1) is 11.4. The lowest BCUT2D eigenvalue weighted by atomic mass is 10.1. The second kappa shape index (κ2) is 7.86. The molecule has 0 bridgehead atoms. The van der Waals surface area contributed by atoms with Crippen LogP contribution in [0.2, 0.25) is 0 Å². The summed E-state index contributed by atoms with van der Waals surface area (Å²) in [5.74, 6) is 1.46. The SMILES string of the molecule is COc1ccccc1CN(C)C(=O)[C@H](C)Oc1cccc(C)c1C. The molecule has 0 heterocycles. The molecule has 24 heavy (non-hydrogen) atoms. The molecule has 0 aliphatic carbocycles. The minimum absolute atomic E-state index is 0.0678. The van der Waals surface area contributed by atoms with Gasteiger partial charge in [0.25, 0.3) is 5.91 Å². The van der Waals surface area contributed by atoms with E-state index in [0.717, 1.165) is 28.2 Å². The van der Waals surface area contributed by atoms with E-state index >= 15 is 0 Å². The number of hydrogen-bond acceptors (Lipinski definition) is 3. The lowest BCUT2D eigenvalue weighted by Crippen LogP contribution is -2.37. The van der Waals surface area contributed by atoms with E-state index in [0.29, 0.717) is 6.54 Å². The highest BCUT2D eigenvalue weighted by atomic mass is 16.5. The fourth-order valence-electron chi connectivity index (χ4n) is 2.57. The standard InChI is InChI=1S/C20H25NO3/c1-14-9-8-12-18(15(14)2)24-16(3)20(22)21(4)13-17-10-6-7-11-19(17)23-5/h6-12,16H,13H2,1-5H3/t16-/m0/s1. The Labute approximate surface area is 144 Å². The molecule has 128 valence electrons. The van der Waals surface area contributed by atoms with Crippen LogP contribution in [-0.2, 0) is 11.3 Å². The molecular formula is C20H25NO3. The number of aryl methyl sites for hydroxylation is 1. The summed E-state index contributed by atoms with van der Waals surface area (Å²) in [6.45, 7) is 6.29. The number of hydrogen-bond donors (Lipinski definition) is 0. The van der Waals surface area contributed by atoms with Crippen molar-refractivity contribution in [2.24, 2.45) is 0 Å². The van der Waals surface area contributed by atoms with Crippen LogP contribution in [0.3, 0.4) is 0 Å². The van der Waals surface area contributed by atoms with Crippen LogP contribution >= 0.6 is 0 Å². The molecule has 0 aliphatic rings. The zero-order valence-electron chi connectivity index (χ0n) is 15.0. The first-order valence-corrected chi connectivity index (χ1v) is 8.03. The van der Waals surface area contributed by atoms with Crippen molar-refractivity contribution in [2.75, 3.05) is 14.2 Å². The van der Waals surface area contributed by atoms with Gasteiger partial charge in [-0.05, 0) is 44.0 Å². The summed E-state index contributed by atoms with van der Waals surface area (Å²) < 4.78 is 11.2. The quantitative estimate of drug-likeness (QED) is 0.811. The summed E-state index contributed by atoms with van der Waals surface area (Å²) in [5.41, 5.74) is 3.17. The van der Waals surface area contributed by atoms with Crippen LogP contribution in [0.1, 0.15) is 23.6 Å². The fourth-order valence-corrected chi connectivity index (χ4v) is 2.57. The highest BCUT2D eigenvalue weighted by Crippen LogP contribution is 2.23. The van der Waals surface area contributed by atoms with E-state index in [-0.39, 0.29) is 5.91 Å². The summed E-state index contributed by atoms with van der Waals surface area (Å²) in [6.07, 6.45) is -0.551. The maximum Gasteiger partial charge on any atom is 0.263 e. The first kappa shape index (κ1) is 17.9. The second-order valence-corrected chi connectivity index (χ2v) is 5.96. The highest BCUT2D eigenvalue weighted by molar-refractivity contribution is 5.80. The summed E-state index contributed by atoms with van der Waals surface area (Å²) in [7, 11) is 3.41. The molecule has 1 amide bonds. The maximum absolute atomic E-state index is 12.6. The van der Waals surface area contributed by atoms with Gasteiger partial charge >= 0.3 is 0 Å². The molecule has 0 fully saturated rings. The third kappa shape index (κ3) is 4.07. The van der Waals surface area contributed by atoms with Crippen LogP contribution in [0.25, 0.3) is 0 Å². The molecule has 0 aliphatic heterocycles. The Balaban J connectivity index is 2.05. The summed E-state index contributed by atoms with van der Waals surface area (Å²) in [4.78, 5) is 14.3. The molecule has 0 unspecified atom stereocenters. The van der Waals surface area contributed by atoms with E-state index in [1.807, 2.05) is 56.3 Å². The third-order valence-electron chi connectivity index (χ3n) is 4.18. The molecule has 4 nitrogen and oxygen atoms in total. The Kier molecular flexibility index (Phi) is 5.85. The van der Waals surface area contributed by atoms with Gasteiger partial charge in [-0.15, -0.1) is 0 Å². The first-order valence-electron chi connectivity index (χ1n) is 8.03. The van der Waals surface area contributed by atoms with E-state index < -0.39 is 6.10 Å². The molecule has 0 radical (unpaired) electrons. The van der Waals surface area contributed by atoms with Gasteiger partial charge in [-0.1, -0.05) is 30.3 Å². The lowest BCUT2D eigenvalue weighted by Gasteiger charge is -2.23. The Morgan fingerprint density at radius 2 is 1.75 bits per heavy atom. The number of rotatable bonds is 6. The van der Waals surface area contributed by atoms with Crippen LogP contribution in [0.4, 0.5) is 0 Å². The van der Waals surface area contributed by atoms with Crippen molar-refractivity contribution in [3.63, 3.8) is 0 Å². The number of amides is 1. The number of nitrogens with zero attached hydrogens (tertiary/aromatic N) is 1. The van der Waals surface area contributed by atoms with Gasteiger partial charge in [0.05, 0.1) is 7.11 Å². The molecule has 0 saturated carbocycles. The van der Waals surface area contributed by atoms with Crippen molar-refractivity contribution >= 4 is 5.91 Å².